The minimum atomic E-state index is -0.365. The molecule has 3 aromatic carbocycles. The molecule has 0 bridgehead atoms. The van der Waals surface area contributed by atoms with Gasteiger partial charge in [0.05, 0.1) is 27.9 Å². The molecule has 4 rings (SSSR count). The van der Waals surface area contributed by atoms with E-state index in [-0.39, 0.29) is 23.3 Å². The average Bonchev–Trinajstić information content (AvgIpc) is 2.95. The number of aliphatic imine (C=N–C) groups is 2. The van der Waals surface area contributed by atoms with Crippen LogP contribution >= 0.6 is 11.8 Å². The van der Waals surface area contributed by atoms with Gasteiger partial charge in [0, 0.05) is 12.1 Å². The standard InChI is InChI=1S/C26H23F2N3OS/c1-15-4-9-20(12-21(15)28)29-25(32)14-33-26-13-22(18-5-7-19(27)8-6-18)30-23-10-16(2)17(3)11-24(23)31-26/h4-12H,13-14H2,1-3H3,(H,29,32). The lowest BCUT2D eigenvalue weighted by Gasteiger charge is -2.09. The molecule has 1 aliphatic heterocycles. The first-order valence-corrected chi connectivity index (χ1v) is 11.5. The summed E-state index contributed by atoms with van der Waals surface area (Å²) in [6.45, 7) is 5.70. The molecule has 0 saturated heterocycles. The van der Waals surface area contributed by atoms with E-state index in [0.717, 1.165) is 38.8 Å². The molecule has 1 heterocycles. The number of carbonyl (C=O) groups excluding carboxylic acids is 1. The highest BCUT2D eigenvalue weighted by Crippen LogP contribution is 2.36. The molecule has 0 aromatic heterocycles. The van der Waals surface area contributed by atoms with Gasteiger partial charge in [-0.05, 0) is 79.4 Å². The largest absolute Gasteiger partial charge is 0.325 e. The van der Waals surface area contributed by atoms with Crippen molar-refractivity contribution in [3.05, 3.63) is 88.5 Å². The number of amides is 1. The number of nitrogens with zero attached hydrogens (tertiary/aromatic N) is 2. The number of halogens is 2. The summed E-state index contributed by atoms with van der Waals surface area (Å²) < 4.78 is 27.2. The van der Waals surface area contributed by atoms with Gasteiger partial charge in [0.1, 0.15) is 11.6 Å². The summed E-state index contributed by atoms with van der Waals surface area (Å²) in [5.74, 6) is -0.815. The first kappa shape index (κ1) is 22.9. The lowest BCUT2D eigenvalue weighted by atomic mass is 10.1. The van der Waals surface area contributed by atoms with E-state index >= 15 is 0 Å². The molecule has 0 saturated carbocycles. The third-order valence-corrected chi connectivity index (χ3v) is 6.39. The number of carbonyl (C=O) groups is 1. The normalized spacial score (nSPS) is 13.0. The number of hydrogen-bond donors (Lipinski definition) is 1. The number of rotatable bonds is 4. The highest BCUT2D eigenvalue weighted by atomic mass is 32.2. The van der Waals surface area contributed by atoms with Crippen LogP contribution in [-0.2, 0) is 4.79 Å². The van der Waals surface area contributed by atoms with Gasteiger partial charge in [-0.1, -0.05) is 18.2 Å². The van der Waals surface area contributed by atoms with Crippen LogP contribution in [0.25, 0.3) is 0 Å². The van der Waals surface area contributed by atoms with E-state index in [4.69, 9.17) is 9.98 Å². The summed E-state index contributed by atoms with van der Waals surface area (Å²) in [6, 6.07) is 14.8. The van der Waals surface area contributed by atoms with Crippen LogP contribution in [-0.4, -0.2) is 22.4 Å². The summed E-state index contributed by atoms with van der Waals surface area (Å²) in [5, 5.41) is 3.45. The quantitative estimate of drug-likeness (QED) is 0.462. The smallest absolute Gasteiger partial charge is 0.234 e. The zero-order valence-corrected chi connectivity index (χ0v) is 19.4. The molecule has 3 aromatic rings. The number of anilines is 1. The van der Waals surface area contributed by atoms with Crippen molar-refractivity contribution in [3.63, 3.8) is 0 Å². The van der Waals surface area contributed by atoms with Crippen molar-refractivity contribution in [3.8, 4) is 0 Å². The number of aryl methyl sites for hydroxylation is 3. The Balaban J connectivity index is 1.57. The SMILES string of the molecule is Cc1cc2c(cc1C)N=C(c1ccc(F)cc1)CC(SCC(=O)Nc1ccc(C)c(F)c1)=N2. The zero-order valence-electron chi connectivity index (χ0n) is 18.6. The lowest BCUT2D eigenvalue weighted by Crippen LogP contribution is -2.16. The van der Waals surface area contributed by atoms with Gasteiger partial charge < -0.3 is 5.32 Å². The van der Waals surface area contributed by atoms with Crippen molar-refractivity contribution in [1.29, 1.82) is 0 Å². The van der Waals surface area contributed by atoms with Gasteiger partial charge in [0.15, 0.2) is 0 Å². The molecular formula is C26H23F2N3OS. The molecular weight excluding hydrogens is 440 g/mol. The van der Waals surface area contributed by atoms with Crippen molar-refractivity contribution in [1.82, 2.24) is 0 Å². The van der Waals surface area contributed by atoms with Gasteiger partial charge in [-0.25, -0.2) is 13.8 Å². The van der Waals surface area contributed by atoms with Crippen molar-refractivity contribution >= 4 is 45.5 Å². The van der Waals surface area contributed by atoms with Gasteiger partial charge in [0.25, 0.3) is 0 Å². The summed E-state index contributed by atoms with van der Waals surface area (Å²) in [4.78, 5) is 22.1. The van der Waals surface area contributed by atoms with E-state index < -0.39 is 0 Å². The fraction of sp³-hybridized carbons (Fsp3) is 0.192. The Morgan fingerprint density at radius 1 is 0.909 bits per heavy atom. The molecule has 0 fully saturated rings. The Morgan fingerprint density at radius 3 is 2.24 bits per heavy atom. The molecule has 0 spiro atoms. The predicted octanol–water partition coefficient (Wildman–Crippen LogP) is 6.82. The Hall–Kier alpha value is -3.32. The summed E-state index contributed by atoms with van der Waals surface area (Å²) in [5.41, 5.74) is 6.17. The first-order chi connectivity index (χ1) is 15.8. The van der Waals surface area contributed by atoms with Crippen LogP contribution in [0.5, 0.6) is 0 Å². The molecule has 0 unspecified atom stereocenters. The molecule has 33 heavy (non-hydrogen) atoms. The Bertz CT molecular complexity index is 1280. The van der Waals surface area contributed by atoms with Crippen molar-refractivity contribution in [2.45, 2.75) is 27.2 Å². The molecule has 1 amide bonds. The molecule has 0 aliphatic carbocycles. The Morgan fingerprint density at radius 2 is 1.58 bits per heavy atom. The fourth-order valence-corrected chi connectivity index (χ4v) is 4.15. The minimum Gasteiger partial charge on any atom is -0.325 e. The maximum absolute atomic E-state index is 13.8. The van der Waals surface area contributed by atoms with Crippen LogP contribution in [0.4, 0.5) is 25.8 Å². The highest BCUT2D eigenvalue weighted by Gasteiger charge is 2.18. The highest BCUT2D eigenvalue weighted by molar-refractivity contribution is 8.14. The van der Waals surface area contributed by atoms with E-state index in [0.29, 0.717) is 17.7 Å². The third kappa shape index (κ3) is 5.54. The number of hydrogen-bond acceptors (Lipinski definition) is 4. The first-order valence-electron chi connectivity index (χ1n) is 10.5. The minimum absolute atomic E-state index is 0.116. The van der Waals surface area contributed by atoms with Crippen LogP contribution in [0.15, 0.2) is 64.6 Å². The van der Waals surface area contributed by atoms with Gasteiger partial charge in [-0.3, -0.25) is 9.79 Å². The predicted molar refractivity (Wildman–Crippen MR) is 132 cm³/mol. The fourth-order valence-electron chi connectivity index (χ4n) is 3.38. The topological polar surface area (TPSA) is 53.8 Å². The molecule has 0 radical (unpaired) electrons. The summed E-state index contributed by atoms with van der Waals surface area (Å²) >= 11 is 1.31. The van der Waals surface area contributed by atoms with Crippen molar-refractivity contribution in [2.24, 2.45) is 9.98 Å². The van der Waals surface area contributed by atoms with Crippen LogP contribution in [0.3, 0.4) is 0 Å². The Kier molecular flexibility index (Phi) is 6.70. The van der Waals surface area contributed by atoms with Crippen LogP contribution in [0.2, 0.25) is 0 Å². The number of fused-ring (bicyclic) bond motifs is 1. The second-order valence-corrected chi connectivity index (χ2v) is 9.02. The maximum Gasteiger partial charge on any atom is 0.234 e. The van der Waals surface area contributed by atoms with Crippen LogP contribution in [0.1, 0.15) is 28.7 Å². The second kappa shape index (κ2) is 9.67. The van der Waals surface area contributed by atoms with Gasteiger partial charge in [0.2, 0.25) is 5.91 Å². The monoisotopic (exact) mass is 463 g/mol. The van der Waals surface area contributed by atoms with E-state index in [1.807, 2.05) is 26.0 Å². The van der Waals surface area contributed by atoms with Crippen molar-refractivity contribution < 1.29 is 13.6 Å². The van der Waals surface area contributed by atoms with Gasteiger partial charge >= 0.3 is 0 Å². The van der Waals surface area contributed by atoms with Crippen molar-refractivity contribution in [2.75, 3.05) is 11.1 Å². The molecule has 1 N–H and O–H groups in total. The molecule has 7 heteroatoms. The number of benzene rings is 3. The second-order valence-electron chi connectivity index (χ2n) is 7.97. The van der Waals surface area contributed by atoms with Gasteiger partial charge in [-0.15, -0.1) is 11.8 Å². The van der Waals surface area contributed by atoms with E-state index in [2.05, 4.69) is 5.32 Å². The summed E-state index contributed by atoms with van der Waals surface area (Å²) in [7, 11) is 0. The Labute approximate surface area is 195 Å². The maximum atomic E-state index is 13.8. The van der Waals surface area contributed by atoms with E-state index in [1.165, 1.54) is 30.0 Å². The lowest BCUT2D eigenvalue weighted by molar-refractivity contribution is -0.113. The molecule has 168 valence electrons. The zero-order chi connectivity index (χ0) is 23.5. The van der Waals surface area contributed by atoms with Crippen LogP contribution in [0, 0.1) is 32.4 Å². The average molecular weight is 464 g/mol. The molecule has 4 nitrogen and oxygen atoms in total. The molecule has 1 aliphatic rings. The number of thioether (sulfide) groups is 1. The third-order valence-electron chi connectivity index (χ3n) is 5.41. The van der Waals surface area contributed by atoms with Crippen LogP contribution < -0.4 is 5.32 Å². The van der Waals surface area contributed by atoms with E-state index in [9.17, 15) is 13.6 Å². The summed E-state index contributed by atoms with van der Waals surface area (Å²) in [6.07, 6.45) is 0.412. The number of nitrogens with one attached hydrogen (secondary N) is 1. The molecule has 0 atom stereocenters. The van der Waals surface area contributed by atoms with Gasteiger partial charge in [-0.2, -0.15) is 0 Å². The van der Waals surface area contributed by atoms with E-state index in [1.54, 1.807) is 31.2 Å².